The average molecular weight is 1370 g/mol. The first-order valence-electron chi connectivity index (χ1n) is 31.0. The summed E-state index contributed by atoms with van der Waals surface area (Å²) in [5.41, 5.74) is 8.44. The second-order valence-electron chi connectivity index (χ2n) is 24.5. The molecule has 1 fully saturated rings. The van der Waals surface area contributed by atoms with Crippen molar-refractivity contribution in [3.63, 3.8) is 0 Å². The summed E-state index contributed by atoms with van der Waals surface area (Å²) in [7, 11) is -3.48. The fraction of sp³-hybridized carbons (Fsp3) is 0.478. The van der Waals surface area contributed by atoms with Gasteiger partial charge in [0.2, 0.25) is 11.8 Å². The molecule has 10 rings (SSSR count). The highest BCUT2D eigenvalue weighted by molar-refractivity contribution is 8.77. The maximum Gasteiger partial charge on any atom is 0.275 e. The van der Waals surface area contributed by atoms with Gasteiger partial charge in [0, 0.05) is 84.3 Å². The number of benzene rings is 5. The number of nitrogens with zero attached hydrogens (tertiary/aromatic N) is 4. The second-order valence-corrected chi connectivity index (χ2v) is 31.9. The van der Waals surface area contributed by atoms with Crippen LogP contribution in [0.5, 0.6) is 17.2 Å². The van der Waals surface area contributed by atoms with E-state index in [0.717, 1.165) is 51.4 Å². The van der Waals surface area contributed by atoms with Crippen molar-refractivity contribution >= 4 is 100 Å². The average Bonchev–Trinajstić information content (AvgIpc) is 1.60. The van der Waals surface area contributed by atoms with Crippen LogP contribution in [0, 0.1) is 6.92 Å². The van der Waals surface area contributed by atoms with Crippen molar-refractivity contribution in [1.29, 1.82) is 0 Å². The molecule has 0 spiro atoms. The van der Waals surface area contributed by atoms with Gasteiger partial charge in [0.25, 0.3) is 32.1 Å². The molecule has 1 saturated heterocycles. The minimum absolute atomic E-state index is 0.00112. The molecule has 5 aliphatic rings. The molecule has 21 nitrogen and oxygen atoms in total. The van der Waals surface area contributed by atoms with Crippen molar-refractivity contribution in [3.05, 3.63) is 141 Å². The van der Waals surface area contributed by atoms with E-state index in [0.29, 0.717) is 96.7 Å². The van der Waals surface area contributed by atoms with Crippen molar-refractivity contribution in [3.8, 4) is 17.2 Å². The minimum Gasteiger partial charge on any atom is -0.493 e. The number of rotatable bonds is 32. The number of carbonyl (C=O) groups is 5. The van der Waals surface area contributed by atoms with Gasteiger partial charge in [-0.05, 0) is 166 Å². The molecule has 2 N–H and O–H groups in total. The molecule has 26 heteroatoms. The third-order valence-electron chi connectivity index (χ3n) is 17.6. The topological polar surface area (TPSA) is 262 Å². The molecule has 5 heterocycles. The standard InChI is InChI=1S/C67H80N4O17S5/c1-42-28-51-48(36-62(93(80,81)82)55-33-47-13-8-10-15-54(47)71(55)65(51)75)35-57(42)87-39-43-29-44(40-88-59-34-45-17-18-49-32-46-12-7-9-14-53(46)70(49)64(74)52(45)37-58(59)84-5)31-50(30-43)68(21-22-85-25-26-86-24-23-83-4)41-67(2,3)91-90-27-19-61(92(77,78)79)56(72)16-11-20-69-63(73)38-60(89-6)66(69)76/h7-10,12-15,28-31,34-35,37,49,55,60-62H,11,16-27,32-33,36,38-41H2,1-6H3,(H,77,78,79)(H,80,81,82)/t49-,55+,60?,61?,62?/m1/s1. The minimum atomic E-state index is -4.80. The number of methoxy groups -OCH3 is 2. The smallest absolute Gasteiger partial charge is 0.275 e. The van der Waals surface area contributed by atoms with Gasteiger partial charge in [-0.15, -0.1) is 0 Å². The Bertz CT molecular complexity index is 3850. The van der Waals surface area contributed by atoms with Gasteiger partial charge in [-0.25, -0.2) is 0 Å². The van der Waals surface area contributed by atoms with Gasteiger partial charge in [-0.1, -0.05) is 58.0 Å². The van der Waals surface area contributed by atoms with Gasteiger partial charge < -0.3 is 43.1 Å². The number of ether oxygens (including phenoxy) is 6. The number of hydrogen-bond donors (Lipinski definition) is 2. The number of carbonyl (C=O) groups excluding carboxylic acids is 5. The molecule has 0 aromatic heterocycles. The number of ketones is 1. The number of Topliss-reactive ketones (excluding diaryl/α,β-unsaturated/α-hetero) is 1. The van der Waals surface area contributed by atoms with Crippen LogP contribution < -0.4 is 28.9 Å². The Morgan fingerprint density at radius 2 is 1.37 bits per heavy atom. The Hall–Kier alpha value is -6.20. The van der Waals surface area contributed by atoms with E-state index in [-0.39, 0.29) is 100 Å². The van der Waals surface area contributed by atoms with Crippen LogP contribution in [0.2, 0.25) is 0 Å². The monoisotopic (exact) mass is 1370 g/mol. The molecule has 5 atom stereocenters. The third kappa shape index (κ3) is 16.4. The molecule has 5 aromatic rings. The SMILES string of the molecule is COCCOCCOCCN(CC(C)(C)SSCCC(C(=O)CCCN1C(=O)CC(SC)C1=O)S(=O)(=O)O)c1cc(COc2cc3c(cc2C)C(=O)N2c4ccccc4C[C@H]2C(S(=O)(=O)O)C3)cc(COc2cc3c(cc2OC)C(=O)N2c4ccccc4C[C@H]2CC3)c1. The number of para-hydroxylation sites is 2. The highest BCUT2D eigenvalue weighted by Gasteiger charge is 2.47. The second kappa shape index (κ2) is 30.3. The lowest BCUT2D eigenvalue weighted by Gasteiger charge is -2.34. The highest BCUT2D eigenvalue weighted by Crippen LogP contribution is 2.44. The summed E-state index contributed by atoms with van der Waals surface area (Å²) in [5.74, 6) is -0.426. The predicted octanol–water partition coefficient (Wildman–Crippen LogP) is 9.20. The summed E-state index contributed by atoms with van der Waals surface area (Å²) in [6.07, 6.45) is 3.73. The Morgan fingerprint density at radius 3 is 2.03 bits per heavy atom. The van der Waals surface area contributed by atoms with E-state index in [1.807, 2.05) is 80.3 Å². The summed E-state index contributed by atoms with van der Waals surface area (Å²) in [5, 5.41) is -3.49. The van der Waals surface area contributed by atoms with E-state index < -0.39 is 52.6 Å². The Kier molecular flexibility index (Phi) is 22.7. The molecular formula is C67H80N4O17S5. The number of likely N-dealkylation sites (tertiary alicyclic amines) is 1. The first-order chi connectivity index (χ1) is 44.5. The summed E-state index contributed by atoms with van der Waals surface area (Å²) in [4.78, 5) is 74.1. The number of imide groups is 1. The molecule has 5 aliphatic heterocycles. The van der Waals surface area contributed by atoms with E-state index in [9.17, 15) is 49.9 Å². The van der Waals surface area contributed by atoms with Crippen LogP contribution in [-0.4, -0.2) is 172 Å². The third-order valence-corrected chi connectivity index (χ3v) is 24.3. The van der Waals surface area contributed by atoms with E-state index >= 15 is 0 Å². The predicted molar refractivity (Wildman–Crippen MR) is 361 cm³/mol. The molecule has 5 aromatic carbocycles. The van der Waals surface area contributed by atoms with Gasteiger partial charge >= 0.3 is 0 Å². The van der Waals surface area contributed by atoms with Crippen molar-refractivity contribution in [2.45, 2.75) is 124 Å². The number of hydrogen-bond acceptors (Lipinski definition) is 19. The zero-order valence-electron chi connectivity index (χ0n) is 53.0. The lowest BCUT2D eigenvalue weighted by molar-refractivity contribution is -0.138. The van der Waals surface area contributed by atoms with E-state index in [2.05, 4.69) is 11.0 Å². The van der Waals surface area contributed by atoms with E-state index in [1.54, 1.807) is 43.7 Å². The maximum absolute atomic E-state index is 14.5. The first-order valence-corrected chi connectivity index (χ1v) is 37.7. The zero-order valence-corrected chi connectivity index (χ0v) is 57.1. The number of aryl methyl sites for hydroxylation is 2. The van der Waals surface area contributed by atoms with Crippen LogP contribution in [0.3, 0.4) is 0 Å². The molecule has 0 aliphatic carbocycles. The first kappa shape index (κ1) is 69.6. The summed E-state index contributed by atoms with van der Waals surface area (Å²) in [6.45, 7) is 8.46. The molecule has 0 radical (unpaired) electrons. The fourth-order valence-electron chi connectivity index (χ4n) is 13.0. The lowest BCUT2D eigenvalue weighted by atomic mass is 9.97. The van der Waals surface area contributed by atoms with Crippen molar-refractivity contribution < 1.29 is 78.3 Å². The van der Waals surface area contributed by atoms with E-state index in [1.165, 1.54) is 45.4 Å². The van der Waals surface area contributed by atoms with Crippen LogP contribution in [-0.2, 0) is 87.7 Å². The number of amides is 4. The highest BCUT2D eigenvalue weighted by atomic mass is 33.1. The van der Waals surface area contributed by atoms with E-state index in [4.69, 9.17) is 28.4 Å². The Balaban J connectivity index is 0.915. The number of thioether (sulfide) groups is 1. The molecular weight excluding hydrogens is 1290 g/mol. The van der Waals surface area contributed by atoms with Crippen LogP contribution in [0.15, 0.2) is 91.0 Å². The van der Waals surface area contributed by atoms with Gasteiger partial charge in [0.05, 0.1) is 51.4 Å². The largest absolute Gasteiger partial charge is 0.493 e. The zero-order chi connectivity index (χ0) is 66.4. The van der Waals surface area contributed by atoms with Gasteiger partial charge in [0.15, 0.2) is 17.3 Å². The molecule has 3 unspecified atom stereocenters. The van der Waals surface area contributed by atoms with Crippen molar-refractivity contribution in [2.75, 3.05) is 93.6 Å². The Labute approximate surface area is 556 Å². The summed E-state index contributed by atoms with van der Waals surface area (Å²) >= 11 is 1.27. The van der Waals surface area contributed by atoms with Crippen LogP contribution in [0.4, 0.5) is 17.1 Å². The molecule has 0 saturated carbocycles. The van der Waals surface area contributed by atoms with Gasteiger partial charge in [-0.2, -0.15) is 28.6 Å². The van der Waals surface area contributed by atoms with Gasteiger partial charge in [0.1, 0.15) is 29.5 Å². The van der Waals surface area contributed by atoms with Crippen LogP contribution >= 0.6 is 33.3 Å². The maximum atomic E-state index is 14.5. The van der Waals surface area contributed by atoms with Crippen molar-refractivity contribution in [2.24, 2.45) is 0 Å². The van der Waals surface area contributed by atoms with Crippen LogP contribution in [0.1, 0.15) is 106 Å². The number of fused-ring (bicyclic) bond motifs is 8. The fourth-order valence-corrected chi connectivity index (χ4v) is 18.3. The quantitative estimate of drug-likeness (QED) is 0.0176. The number of anilines is 3. The van der Waals surface area contributed by atoms with Crippen LogP contribution in [0.25, 0.3) is 0 Å². The summed E-state index contributed by atoms with van der Waals surface area (Å²) < 4.78 is 108. The molecule has 93 heavy (non-hydrogen) atoms. The van der Waals surface area contributed by atoms with Gasteiger partial charge in [-0.3, -0.25) is 38.0 Å². The Morgan fingerprint density at radius 1 is 0.731 bits per heavy atom. The molecule has 0 bridgehead atoms. The summed E-state index contributed by atoms with van der Waals surface area (Å²) in [6, 6.07) is 27.5. The molecule has 500 valence electrons. The lowest BCUT2D eigenvalue weighted by Crippen LogP contribution is -2.47. The normalized spacial score (nSPS) is 18.9. The van der Waals surface area contributed by atoms with Crippen molar-refractivity contribution in [1.82, 2.24) is 4.90 Å². The molecule has 4 amide bonds.